The molecule has 2 atom stereocenters. The molecule has 0 aliphatic carbocycles. The zero-order valence-corrected chi connectivity index (χ0v) is 14.8. The Balaban J connectivity index is 1.78. The normalized spacial score (nSPS) is 22.6. The zero-order valence-electron chi connectivity index (χ0n) is 14.8. The maximum absolute atomic E-state index is 12.8. The van der Waals surface area contributed by atoms with Gasteiger partial charge in [0, 0.05) is 37.7 Å². The molecule has 2 saturated heterocycles. The van der Waals surface area contributed by atoms with E-state index in [1.54, 1.807) is 18.2 Å². The quantitative estimate of drug-likeness (QED) is 0.844. The van der Waals surface area contributed by atoms with E-state index >= 15 is 0 Å². The highest BCUT2D eigenvalue weighted by atomic mass is 16.5. The Morgan fingerprint density at radius 1 is 1.15 bits per heavy atom. The van der Waals surface area contributed by atoms with Gasteiger partial charge in [0.2, 0.25) is 11.8 Å². The number of ether oxygens (including phenoxy) is 2. The van der Waals surface area contributed by atoms with Gasteiger partial charge in [0.05, 0.1) is 25.8 Å². The van der Waals surface area contributed by atoms with E-state index in [1.807, 2.05) is 0 Å². The van der Waals surface area contributed by atoms with Crippen LogP contribution in [0.1, 0.15) is 19.3 Å². The van der Waals surface area contributed by atoms with Gasteiger partial charge < -0.3 is 24.4 Å². The van der Waals surface area contributed by atoms with Gasteiger partial charge in [-0.1, -0.05) is 0 Å². The average Bonchev–Trinajstić information content (AvgIpc) is 3.27. The summed E-state index contributed by atoms with van der Waals surface area (Å²) >= 11 is 0. The second-order valence-electron chi connectivity index (χ2n) is 6.50. The molecular formula is C18H22N2O6. The molecule has 2 amide bonds. The molecule has 2 aliphatic heterocycles. The van der Waals surface area contributed by atoms with Crippen molar-refractivity contribution in [1.82, 2.24) is 4.90 Å². The Kier molecular flexibility index (Phi) is 5.01. The SMILES string of the molecule is COc1cc(OC)cc(N2C[C@@H](C(=O)N3CCC[C@@H]3C(=O)O)CC2=O)c1. The summed E-state index contributed by atoms with van der Waals surface area (Å²) < 4.78 is 10.5. The summed E-state index contributed by atoms with van der Waals surface area (Å²) in [6.45, 7) is 0.643. The molecule has 8 heteroatoms. The van der Waals surface area contributed by atoms with Gasteiger partial charge in [0.15, 0.2) is 0 Å². The number of carbonyl (C=O) groups is 3. The highest BCUT2D eigenvalue weighted by Gasteiger charge is 2.42. The predicted molar refractivity (Wildman–Crippen MR) is 92.4 cm³/mol. The molecular weight excluding hydrogens is 340 g/mol. The first kappa shape index (κ1) is 18.0. The smallest absolute Gasteiger partial charge is 0.326 e. The Hall–Kier alpha value is -2.77. The molecule has 2 heterocycles. The van der Waals surface area contributed by atoms with Crippen LogP contribution in [-0.2, 0) is 14.4 Å². The molecule has 3 rings (SSSR count). The lowest BCUT2D eigenvalue weighted by atomic mass is 10.1. The summed E-state index contributed by atoms with van der Waals surface area (Å²) in [6.07, 6.45) is 1.19. The highest BCUT2D eigenvalue weighted by Crippen LogP contribution is 2.33. The van der Waals surface area contributed by atoms with Gasteiger partial charge in [0.1, 0.15) is 17.5 Å². The molecule has 0 radical (unpaired) electrons. The van der Waals surface area contributed by atoms with Crippen molar-refractivity contribution < 1.29 is 29.0 Å². The number of aliphatic carboxylic acids is 1. The lowest BCUT2D eigenvalue weighted by Gasteiger charge is -2.24. The van der Waals surface area contributed by atoms with E-state index in [0.717, 1.165) is 0 Å². The van der Waals surface area contributed by atoms with Crippen molar-refractivity contribution in [3.05, 3.63) is 18.2 Å². The van der Waals surface area contributed by atoms with Crippen LogP contribution in [0.2, 0.25) is 0 Å². The molecule has 1 aromatic rings. The molecule has 0 bridgehead atoms. The fourth-order valence-corrected chi connectivity index (χ4v) is 3.59. The van der Waals surface area contributed by atoms with E-state index in [9.17, 15) is 19.5 Å². The second kappa shape index (κ2) is 7.23. The third kappa shape index (κ3) is 3.31. The fourth-order valence-electron chi connectivity index (χ4n) is 3.59. The Labute approximate surface area is 151 Å². The Bertz CT molecular complexity index is 712. The van der Waals surface area contributed by atoms with E-state index in [0.29, 0.717) is 36.6 Å². The monoisotopic (exact) mass is 362 g/mol. The molecule has 0 saturated carbocycles. The van der Waals surface area contributed by atoms with Crippen LogP contribution in [-0.4, -0.2) is 61.1 Å². The standard InChI is InChI=1S/C18H22N2O6/c1-25-13-7-12(8-14(9-13)26-2)20-10-11(6-16(20)21)17(22)19-5-3-4-15(19)18(23)24/h7-9,11,15H,3-6,10H2,1-2H3,(H,23,24)/t11-,15+/m0/s1. The molecule has 26 heavy (non-hydrogen) atoms. The summed E-state index contributed by atoms with van der Waals surface area (Å²) in [6, 6.07) is 4.34. The third-order valence-corrected chi connectivity index (χ3v) is 4.94. The molecule has 2 aliphatic rings. The van der Waals surface area contributed by atoms with E-state index < -0.39 is 17.9 Å². The number of hydrogen-bond donors (Lipinski definition) is 1. The molecule has 1 N–H and O–H groups in total. The van der Waals surface area contributed by atoms with E-state index in [4.69, 9.17) is 9.47 Å². The van der Waals surface area contributed by atoms with Crippen molar-refractivity contribution in [3.8, 4) is 11.5 Å². The van der Waals surface area contributed by atoms with Crippen molar-refractivity contribution in [3.63, 3.8) is 0 Å². The third-order valence-electron chi connectivity index (χ3n) is 4.94. The number of benzene rings is 1. The van der Waals surface area contributed by atoms with Crippen molar-refractivity contribution in [2.45, 2.75) is 25.3 Å². The molecule has 1 aromatic carbocycles. The number of carboxylic acid groups (broad SMARTS) is 1. The number of hydrogen-bond acceptors (Lipinski definition) is 5. The van der Waals surface area contributed by atoms with Gasteiger partial charge in [-0.15, -0.1) is 0 Å². The van der Waals surface area contributed by atoms with Crippen LogP contribution in [0.15, 0.2) is 18.2 Å². The maximum atomic E-state index is 12.8. The fraction of sp³-hybridized carbons (Fsp3) is 0.500. The number of nitrogens with zero attached hydrogens (tertiary/aromatic N) is 2. The molecule has 2 fully saturated rings. The van der Waals surface area contributed by atoms with Crippen LogP contribution < -0.4 is 14.4 Å². The van der Waals surface area contributed by atoms with Gasteiger partial charge in [-0.2, -0.15) is 0 Å². The van der Waals surface area contributed by atoms with Gasteiger partial charge >= 0.3 is 5.97 Å². The summed E-state index contributed by atoms with van der Waals surface area (Å²) in [5, 5.41) is 9.27. The largest absolute Gasteiger partial charge is 0.497 e. The highest BCUT2D eigenvalue weighted by molar-refractivity contribution is 6.01. The van der Waals surface area contributed by atoms with Crippen molar-refractivity contribution >= 4 is 23.5 Å². The van der Waals surface area contributed by atoms with E-state index in [-0.39, 0.29) is 24.8 Å². The van der Waals surface area contributed by atoms with E-state index in [2.05, 4.69) is 0 Å². The predicted octanol–water partition coefficient (Wildman–Crippen LogP) is 1.13. The summed E-state index contributed by atoms with van der Waals surface area (Å²) in [4.78, 5) is 39.5. The van der Waals surface area contributed by atoms with Crippen molar-refractivity contribution in [2.24, 2.45) is 5.92 Å². The number of carboxylic acids is 1. The minimum absolute atomic E-state index is 0.0706. The first-order valence-corrected chi connectivity index (χ1v) is 8.51. The molecule has 140 valence electrons. The minimum Gasteiger partial charge on any atom is -0.497 e. The number of methoxy groups -OCH3 is 2. The van der Waals surface area contributed by atoms with Crippen molar-refractivity contribution in [2.75, 3.05) is 32.2 Å². The number of rotatable bonds is 5. The minimum atomic E-state index is -0.991. The molecule has 0 unspecified atom stereocenters. The first-order valence-electron chi connectivity index (χ1n) is 8.51. The number of likely N-dealkylation sites (tertiary alicyclic amines) is 1. The molecule has 0 aromatic heterocycles. The second-order valence-corrected chi connectivity index (χ2v) is 6.50. The molecule has 0 spiro atoms. The summed E-state index contributed by atoms with van der Waals surface area (Å²) in [7, 11) is 3.05. The van der Waals surface area contributed by atoms with E-state index in [1.165, 1.54) is 24.0 Å². The van der Waals surface area contributed by atoms with Crippen LogP contribution in [0.3, 0.4) is 0 Å². The maximum Gasteiger partial charge on any atom is 0.326 e. The number of anilines is 1. The summed E-state index contributed by atoms with van der Waals surface area (Å²) in [5.74, 6) is -0.876. The van der Waals surface area contributed by atoms with Gasteiger partial charge in [-0.3, -0.25) is 9.59 Å². The first-order chi connectivity index (χ1) is 12.4. The Morgan fingerprint density at radius 2 is 1.81 bits per heavy atom. The van der Waals surface area contributed by atoms with Gasteiger partial charge in [-0.05, 0) is 12.8 Å². The van der Waals surface area contributed by atoms with Crippen LogP contribution in [0.25, 0.3) is 0 Å². The van der Waals surface area contributed by atoms with Gasteiger partial charge in [0.25, 0.3) is 0 Å². The van der Waals surface area contributed by atoms with Crippen LogP contribution >= 0.6 is 0 Å². The lowest BCUT2D eigenvalue weighted by molar-refractivity contribution is -0.149. The summed E-state index contributed by atoms with van der Waals surface area (Å²) in [5.41, 5.74) is 0.595. The average molecular weight is 362 g/mol. The topological polar surface area (TPSA) is 96.4 Å². The molecule has 8 nitrogen and oxygen atoms in total. The zero-order chi connectivity index (χ0) is 18.8. The van der Waals surface area contributed by atoms with Crippen molar-refractivity contribution in [1.29, 1.82) is 0 Å². The van der Waals surface area contributed by atoms with Crippen LogP contribution in [0, 0.1) is 5.92 Å². The van der Waals surface area contributed by atoms with Crippen LogP contribution in [0.5, 0.6) is 11.5 Å². The lowest BCUT2D eigenvalue weighted by Crippen LogP contribution is -2.44. The Morgan fingerprint density at radius 3 is 2.38 bits per heavy atom. The van der Waals surface area contributed by atoms with Gasteiger partial charge in [-0.25, -0.2) is 4.79 Å². The number of amides is 2. The number of carbonyl (C=O) groups excluding carboxylic acids is 2. The van der Waals surface area contributed by atoms with Crippen LogP contribution in [0.4, 0.5) is 5.69 Å².